The fourth-order valence-corrected chi connectivity index (χ4v) is 0.898. The first-order chi connectivity index (χ1) is 5.25. The number of carboxylic acids is 1. The first-order valence-electron chi connectivity index (χ1n) is 3.24. The van der Waals surface area contributed by atoms with E-state index in [1.807, 2.05) is 0 Å². The number of aromatic nitrogens is 1. The molecule has 0 radical (unpaired) electrons. The van der Waals surface area contributed by atoms with Gasteiger partial charge >= 0.3 is 5.97 Å². The molecule has 1 aromatic rings. The summed E-state index contributed by atoms with van der Waals surface area (Å²) < 4.78 is 0. The van der Waals surface area contributed by atoms with Crippen LogP contribution < -0.4 is 0 Å². The number of rotatable bonds is 3. The van der Waals surface area contributed by atoms with E-state index in [9.17, 15) is 4.79 Å². The van der Waals surface area contributed by atoms with E-state index in [4.69, 9.17) is 5.11 Å². The van der Waals surface area contributed by atoms with Crippen molar-refractivity contribution in [1.29, 1.82) is 0 Å². The second kappa shape index (κ2) is 3.05. The minimum absolute atomic E-state index is 0.620. The van der Waals surface area contributed by atoms with Gasteiger partial charge in [-0.25, -0.2) is 0 Å². The third-order valence-corrected chi connectivity index (χ3v) is 1.46. The van der Waals surface area contributed by atoms with Crippen molar-refractivity contribution in [2.45, 2.75) is 5.92 Å². The van der Waals surface area contributed by atoms with Crippen LogP contribution in [0.2, 0.25) is 0 Å². The molecular weight excluding hydrogens is 142 g/mol. The van der Waals surface area contributed by atoms with E-state index in [-0.39, 0.29) is 0 Å². The van der Waals surface area contributed by atoms with Crippen LogP contribution in [0.1, 0.15) is 11.6 Å². The molecule has 1 heterocycles. The molecule has 0 bridgehead atoms. The molecule has 0 saturated carbocycles. The highest BCUT2D eigenvalue weighted by atomic mass is 16.4. The summed E-state index contributed by atoms with van der Waals surface area (Å²) in [5.41, 5.74) is 0.660. The maximum Gasteiger partial charge on any atom is 0.316 e. The predicted molar refractivity (Wildman–Crippen MR) is 41.4 cm³/mol. The molecule has 1 aromatic heterocycles. The van der Waals surface area contributed by atoms with E-state index in [1.54, 1.807) is 18.3 Å². The van der Waals surface area contributed by atoms with Gasteiger partial charge in [0.15, 0.2) is 0 Å². The number of carbonyl (C=O) groups is 1. The molecule has 0 aliphatic rings. The third-order valence-electron chi connectivity index (χ3n) is 1.46. The van der Waals surface area contributed by atoms with Crippen LogP contribution in [0.4, 0.5) is 0 Å². The Kier molecular flexibility index (Phi) is 2.11. The van der Waals surface area contributed by atoms with Gasteiger partial charge in [0.1, 0.15) is 5.92 Å². The minimum atomic E-state index is -0.887. The molecule has 0 fully saturated rings. The zero-order chi connectivity index (χ0) is 8.27. The van der Waals surface area contributed by atoms with Gasteiger partial charge in [-0.15, -0.1) is 6.58 Å². The SMILES string of the molecule is C=CC(C(=O)O)c1ccc[nH]1. The molecule has 0 saturated heterocycles. The van der Waals surface area contributed by atoms with Gasteiger partial charge in [0, 0.05) is 11.9 Å². The fraction of sp³-hybridized carbons (Fsp3) is 0.125. The summed E-state index contributed by atoms with van der Waals surface area (Å²) in [6.07, 6.45) is 3.09. The lowest BCUT2D eigenvalue weighted by Crippen LogP contribution is -2.08. The molecule has 3 nitrogen and oxygen atoms in total. The van der Waals surface area contributed by atoms with Crippen molar-refractivity contribution >= 4 is 5.97 Å². The standard InChI is InChI=1S/C8H9NO2/c1-2-6(8(10)11)7-4-3-5-9-7/h2-6,9H,1H2,(H,10,11). The zero-order valence-electron chi connectivity index (χ0n) is 5.95. The molecule has 0 aliphatic heterocycles. The summed E-state index contributed by atoms with van der Waals surface area (Å²) in [5, 5.41) is 8.65. The van der Waals surface area contributed by atoms with Crippen molar-refractivity contribution in [2.75, 3.05) is 0 Å². The Labute approximate surface area is 64.4 Å². The van der Waals surface area contributed by atoms with Gasteiger partial charge in [-0.05, 0) is 12.1 Å². The van der Waals surface area contributed by atoms with E-state index >= 15 is 0 Å². The maximum absolute atomic E-state index is 10.5. The van der Waals surface area contributed by atoms with Gasteiger partial charge in [0.25, 0.3) is 0 Å². The Bertz CT molecular complexity index is 251. The molecule has 1 atom stereocenters. The van der Waals surface area contributed by atoms with Crippen molar-refractivity contribution in [3.8, 4) is 0 Å². The van der Waals surface area contributed by atoms with E-state index in [0.717, 1.165) is 0 Å². The molecular formula is C8H9NO2. The lowest BCUT2D eigenvalue weighted by Gasteiger charge is -2.02. The minimum Gasteiger partial charge on any atom is -0.481 e. The Hall–Kier alpha value is -1.51. The number of hydrogen-bond donors (Lipinski definition) is 2. The summed E-state index contributed by atoms with van der Waals surface area (Å²) in [4.78, 5) is 13.4. The van der Waals surface area contributed by atoms with E-state index in [0.29, 0.717) is 5.69 Å². The lowest BCUT2D eigenvalue weighted by atomic mass is 10.1. The normalized spacial score (nSPS) is 12.4. The van der Waals surface area contributed by atoms with Gasteiger partial charge in [-0.1, -0.05) is 6.08 Å². The van der Waals surface area contributed by atoms with Crippen molar-refractivity contribution in [1.82, 2.24) is 4.98 Å². The van der Waals surface area contributed by atoms with Crippen LogP contribution in [0.3, 0.4) is 0 Å². The van der Waals surface area contributed by atoms with Gasteiger partial charge in [-0.3, -0.25) is 4.79 Å². The number of hydrogen-bond acceptors (Lipinski definition) is 1. The predicted octanol–water partition coefficient (Wildman–Crippen LogP) is 1.37. The zero-order valence-corrected chi connectivity index (χ0v) is 5.95. The maximum atomic E-state index is 10.5. The Morgan fingerprint density at radius 3 is 2.91 bits per heavy atom. The smallest absolute Gasteiger partial charge is 0.316 e. The Balaban J connectivity index is 2.88. The fourth-order valence-electron chi connectivity index (χ4n) is 0.898. The van der Waals surface area contributed by atoms with Crippen LogP contribution in [0.5, 0.6) is 0 Å². The molecule has 11 heavy (non-hydrogen) atoms. The molecule has 1 rings (SSSR count). The van der Waals surface area contributed by atoms with Crippen molar-refractivity contribution in [3.05, 3.63) is 36.7 Å². The van der Waals surface area contributed by atoms with Crippen LogP contribution in [-0.4, -0.2) is 16.1 Å². The number of aromatic amines is 1. The lowest BCUT2D eigenvalue weighted by molar-refractivity contribution is -0.137. The summed E-state index contributed by atoms with van der Waals surface area (Å²) in [6, 6.07) is 3.48. The Morgan fingerprint density at radius 2 is 2.55 bits per heavy atom. The first-order valence-corrected chi connectivity index (χ1v) is 3.24. The number of aliphatic carboxylic acids is 1. The third kappa shape index (κ3) is 1.49. The second-order valence-corrected chi connectivity index (χ2v) is 2.18. The van der Waals surface area contributed by atoms with Gasteiger partial charge in [0.05, 0.1) is 0 Å². The van der Waals surface area contributed by atoms with Crippen molar-refractivity contribution in [2.24, 2.45) is 0 Å². The van der Waals surface area contributed by atoms with Crippen LogP contribution in [-0.2, 0) is 4.79 Å². The van der Waals surface area contributed by atoms with Crippen LogP contribution in [0.25, 0.3) is 0 Å². The van der Waals surface area contributed by atoms with E-state index in [2.05, 4.69) is 11.6 Å². The van der Waals surface area contributed by atoms with E-state index < -0.39 is 11.9 Å². The molecule has 3 heteroatoms. The van der Waals surface area contributed by atoms with E-state index in [1.165, 1.54) is 6.08 Å². The summed E-state index contributed by atoms with van der Waals surface area (Å²) in [5.74, 6) is -1.51. The number of nitrogens with one attached hydrogen (secondary N) is 1. The largest absolute Gasteiger partial charge is 0.481 e. The molecule has 1 unspecified atom stereocenters. The number of carboxylic acid groups (broad SMARTS) is 1. The highest BCUT2D eigenvalue weighted by Gasteiger charge is 2.15. The molecule has 0 aromatic carbocycles. The number of H-pyrrole nitrogens is 1. The summed E-state index contributed by atoms with van der Waals surface area (Å²) >= 11 is 0. The Morgan fingerprint density at radius 1 is 1.82 bits per heavy atom. The molecule has 0 spiro atoms. The van der Waals surface area contributed by atoms with Gasteiger partial charge < -0.3 is 10.1 Å². The van der Waals surface area contributed by atoms with Crippen LogP contribution in [0, 0.1) is 0 Å². The highest BCUT2D eigenvalue weighted by molar-refractivity contribution is 5.77. The highest BCUT2D eigenvalue weighted by Crippen LogP contribution is 2.13. The summed E-state index contributed by atoms with van der Waals surface area (Å²) in [6.45, 7) is 3.44. The topological polar surface area (TPSA) is 53.1 Å². The second-order valence-electron chi connectivity index (χ2n) is 2.18. The first kappa shape index (κ1) is 7.60. The van der Waals surface area contributed by atoms with Gasteiger partial charge in [0.2, 0.25) is 0 Å². The molecule has 0 aliphatic carbocycles. The average molecular weight is 151 g/mol. The molecule has 58 valence electrons. The quantitative estimate of drug-likeness (QED) is 0.641. The van der Waals surface area contributed by atoms with Crippen LogP contribution in [0.15, 0.2) is 31.0 Å². The van der Waals surface area contributed by atoms with Crippen molar-refractivity contribution in [3.63, 3.8) is 0 Å². The van der Waals surface area contributed by atoms with Crippen molar-refractivity contribution < 1.29 is 9.90 Å². The molecule has 2 N–H and O–H groups in total. The summed E-state index contributed by atoms with van der Waals surface area (Å²) in [7, 11) is 0. The average Bonchev–Trinajstić information content (AvgIpc) is 2.40. The van der Waals surface area contributed by atoms with Gasteiger partial charge in [-0.2, -0.15) is 0 Å². The molecule has 0 amide bonds. The monoisotopic (exact) mass is 151 g/mol. The van der Waals surface area contributed by atoms with Crippen LogP contribution >= 0.6 is 0 Å².